The minimum Gasteiger partial charge on any atom is -0.449 e. The lowest BCUT2D eigenvalue weighted by atomic mass is 10.2. The van der Waals surface area contributed by atoms with E-state index in [1.54, 1.807) is 5.38 Å². The molecule has 8 heteroatoms. The van der Waals surface area contributed by atoms with E-state index < -0.39 is 35.2 Å². The number of thiazole rings is 1. The van der Waals surface area contributed by atoms with Gasteiger partial charge >= 0.3 is 5.97 Å². The van der Waals surface area contributed by atoms with Crippen LogP contribution in [-0.4, -0.2) is 23.0 Å². The summed E-state index contributed by atoms with van der Waals surface area (Å²) >= 11 is 1.22. The summed E-state index contributed by atoms with van der Waals surface area (Å²) in [5.74, 6) is -3.54. The molecule has 0 bridgehead atoms. The van der Waals surface area contributed by atoms with Crippen LogP contribution in [0.2, 0.25) is 0 Å². The summed E-state index contributed by atoms with van der Waals surface area (Å²) in [6, 6.07) is 11.9. The molecule has 0 fully saturated rings. The number of amides is 1. The first-order chi connectivity index (χ1) is 12.9. The topological polar surface area (TPSA) is 68.3 Å². The van der Waals surface area contributed by atoms with Crippen LogP contribution in [0.1, 0.15) is 17.3 Å². The first kappa shape index (κ1) is 18.7. The van der Waals surface area contributed by atoms with Crippen molar-refractivity contribution in [2.24, 2.45) is 0 Å². The Hall–Kier alpha value is -3.13. The van der Waals surface area contributed by atoms with Gasteiger partial charge in [-0.05, 0) is 19.1 Å². The van der Waals surface area contributed by atoms with Gasteiger partial charge in [0.15, 0.2) is 11.2 Å². The molecule has 1 atom stereocenters. The molecule has 0 aliphatic heterocycles. The average molecular weight is 388 g/mol. The molecule has 1 N–H and O–H groups in total. The molecule has 138 valence electrons. The van der Waals surface area contributed by atoms with Gasteiger partial charge in [0.1, 0.15) is 11.6 Å². The Labute approximate surface area is 157 Å². The number of benzene rings is 2. The summed E-state index contributed by atoms with van der Waals surface area (Å²) in [7, 11) is 0. The van der Waals surface area contributed by atoms with Crippen molar-refractivity contribution in [2.45, 2.75) is 13.0 Å². The van der Waals surface area contributed by atoms with Gasteiger partial charge in [-0.1, -0.05) is 30.3 Å². The Balaban J connectivity index is 1.62. The van der Waals surface area contributed by atoms with Crippen molar-refractivity contribution in [3.8, 4) is 11.3 Å². The number of halogens is 2. The van der Waals surface area contributed by atoms with Crippen LogP contribution < -0.4 is 5.32 Å². The Morgan fingerprint density at radius 3 is 2.59 bits per heavy atom. The summed E-state index contributed by atoms with van der Waals surface area (Å²) in [6.45, 7) is 1.35. The number of ether oxygens (including phenoxy) is 1. The Morgan fingerprint density at radius 2 is 1.89 bits per heavy atom. The second-order valence-electron chi connectivity index (χ2n) is 5.56. The number of nitrogens with one attached hydrogen (secondary N) is 1. The standard InChI is InChI=1S/C19H14F2N2O3S/c1-11(26-18(25)14-8-7-13(20)9-15(14)21)17(24)23-19-22-16(10-27-19)12-5-3-2-4-6-12/h2-11H,1H3,(H,22,23,24). The smallest absolute Gasteiger partial charge is 0.341 e. The van der Waals surface area contributed by atoms with Crippen LogP contribution in [0, 0.1) is 11.6 Å². The van der Waals surface area contributed by atoms with Crippen molar-refractivity contribution in [1.82, 2.24) is 4.98 Å². The zero-order valence-corrected chi connectivity index (χ0v) is 14.9. The number of esters is 1. The number of aromatic nitrogens is 1. The van der Waals surface area contributed by atoms with Gasteiger partial charge in [-0.2, -0.15) is 0 Å². The number of hydrogen-bond donors (Lipinski definition) is 1. The fourth-order valence-corrected chi connectivity index (χ4v) is 2.93. The third-order valence-electron chi connectivity index (χ3n) is 3.61. The SMILES string of the molecule is CC(OC(=O)c1ccc(F)cc1F)C(=O)Nc1nc(-c2ccccc2)cs1. The maximum atomic E-state index is 13.6. The molecule has 0 aliphatic rings. The van der Waals surface area contributed by atoms with E-state index >= 15 is 0 Å². The normalized spacial score (nSPS) is 11.7. The minimum atomic E-state index is -1.19. The van der Waals surface area contributed by atoms with E-state index in [9.17, 15) is 18.4 Å². The lowest BCUT2D eigenvalue weighted by Gasteiger charge is -2.12. The second-order valence-corrected chi connectivity index (χ2v) is 6.42. The Morgan fingerprint density at radius 1 is 1.15 bits per heavy atom. The number of anilines is 1. The number of rotatable bonds is 5. The Bertz CT molecular complexity index is 976. The highest BCUT2D eigenvalue weighted by atomic mass is 32.1. The van der Waals surface area contributed by atoms with E-state index in [1.807, 2.05) is 30.3 Å². The third-order valence-corrected chi connectivity index (χ3v) is 4.37. The zero-order chi connectivity index (χ0) is 19.4. The quantitative estimate of drug-likeness (QED) is 0.663. The molecule has 0 radical (unpaired) electrons. The van der Waals surface area contributed by atoms with E-state index in [4.69, 9.17) is 4.74 Å². The van der Waals surface area contributed by atoms with Crippen molar-refractivity contribution in [2.75, 3.05) is 5.32 Å². The van der Waals surface area contributed by atoms with Crippen molar-refractivity contribution in [3.05, 3.63) is 71.1 Å². The molecule has 0 saturated carbocycles. The summed E-state index contributed by atoms with van der Waals surface area (Å²) in [6.07, 6.45) is -1.19. The van der Waals surface area contributed by atoms with Crippen LogP contribution in [0.5, 0.6) is 0 Å². The highest BCUT2D eigenvalue weighted by Gasteiger charge is 2.22. The van der Waals surface area contributed by atoms with Crippen LogP contribution >= 0.6 is 11.3 Å². The average Bonchev–Trinajstić information content (AvgIpc) is 3.10. The summed E-state index contributed by atoms with van der Waals surface area (Å²) in [4.78, 5) is 28.5. The fraction of sp³-hybridized carbons (Fsp3) is 0.105. The Kier molecular flexibility index (Phi) is 5.56. The molecule has 0 spiro atoms. The van der Waals surface area contributed by atoms with E-state index in [1.165, 1.54) is 18.3 Å². The lowest BCUT2D eigenvalue weighted by molar-refractivity contribution is -0.123. The third kappa shape index (κ3) is 4.53. The number of nitrogens with zero attached hydrogens (tertiary/aromatic N) is 1. The predicted octanol–water partition coefficient (Wildman–Crippen LogP) is 4.27. The molecule has 2 aromatic carbocycles. The van der Waals surface area contributed by atoms with Crippen LogP contribution in [0.25, 0.3) is 11.3 Å². The van der Waals surface area contributed by atoms with E-state index in [0.717, 1.165) is 17.7 Å². The number of carbonyl (C=O) groups excluding carboxylic acids is 2. The zero-order valence-electron chi connectivity index (χ0n) is 14.1. The molecular weight excluding hydrogens is 374 g/mol. The molecule has 1 aromatic heterocycles. The molecular formula is C19H14F2N2O3S. The minimum absolute atomic E-state index is 0.342. The van der Waals surface area contributed by atoms with Crippen LogP contribution in [0.15, 0.2) is 53.9 Å². The molecule has 1 unspecified atom stereocenters. The first-order valence-electron chi connectivity index (χ1n) is 7.92. The second kappa shape index (κ2) is 8.05. The summed E-state index contributed by atoms with van der Waals surface area (Å²) < 4.78 is 31.5. The van der Waals surface area contributed by atoms with Crippen LogP contribution in [0.4, 0.5) is 13.9 Å². The maximum Gasteiger partial charge on any atom is 0.341 e. The van der Waals surface area contributed by atoms with Gasteiger partial charge in [-0.3, -0.25) is 10.1 Å². The van der Waals surface area contributed by atoms with Crippen molar-refractivity contribution >= 4 is 28.3 Å². The van der Waals surface area contributed by atoms with Gasteiger partial charge in [0.2, 0.25) is 0 Å². The van der Waals surface area contributed by atoms with E-state index in [-0.39, 0.29) is 0 Å². The van der Waals surface area contributed by atoms with Gasteiger partial charge in [-0.25, -0.2) is 18.6 Å². The van der Waals surface area contributed by atoms with Gasteiger partial charge in [0, 0.05) is 17.0 Å². The van der Waals surface area contributed by atoms with Crippen LogP contribution in [0.3, 0.4) is 0 Å². The molecule has 5 nitrogen and oxygen atoms in total. The molecule has 1 heterocycles. The van der Waals surface area contributed by atoms with Crippen molar-refractivity contribution in [3.63, 3.8) is 0 Å². The van der Waals surface area contributed by atoms with Gasteiger partial charge < -0.3 is 4.74 Å². The first-order valence-corrected chi connectivity index (χ1v) is 8.80. The molecule has 3 aromatic rings. The monoisotopic (exact) mass is 388 g/mol. The summed E-state index contributed by atoms with van der Waals surface area (Å²) in [5, 5.41) is 4.68. The van der Waals surface area contributed by atoms with Crippen LogP contribution in [-0.2, 0) is 9.53 Å². The molecule has 0 aliphatic carbocycles. The van der Waals surface area contributed by atoms with Gasteiger partial charge in [0.05, 0.1) is 11.3 Å². The van der Waals surface area contributed by atoms with Gasteiger partial charge in [0.25, 0.3) is 5.91 Å². The van der Waals surface area contributed by atoms with E-state index in [2.05, 4.69) is 10.3 Å². The molecule has 0 saturated heterocycles. The maximum absolute atomic E-state index is 13.6. The fourth-order valence-electron chi connectivity index (χ4n) is 2.21. The number of hydrogen-bond acceptors (Lipinski definition) is 5. The molecule has 27 heavy (non-hydrogen) atoms. The van der Waals surface area contributed by atoms with Crippen molar-refractivity contribution in [1.29, 1.82) is 0 Å². The highest BCUT2D eigenvalue weighted by Crippen LogP contribution is 2.24. The lowest BCUT2D eigenvalue weighted by Crippen LogP contribution is -2.30. The largest absolute Gasteiger partial charge is 0.449 e. The molecule has 3 rings (SSSR count). The summed E-state index contributed by atoms with van der Waals surface area (Å²) in [5.41, 5.74) is 1.16. The van der Waals surface area contributed by atoms with Gasteiger partial charge in [-0.15, -0.1) is 11.3 Å². The van der Waals surface area contributed by atoms with Crippen molar-refractivity contribution < 1.29 is 23.1 Å². The predicted molar refractivity (Wildman–Crippen MR) is 97.4 cm³/mol. The molecule has 1 amide bonds. The van der Waals surface area contributed by atoms with E-state index in [0.29, 0.717) is 16.9 Å². The highest BCUT2D eigenvalue weighted by molar-refractivity contribution is 7.14. The number of carbonyl (C=O) groups is 2.